The molecule has 0 atom stereocenters. The molecule has 10 nitrogen and oxygen atoms in total. The number of aromatic amines is 1. The van der Waals surface area contributed by atoms with E-state index in [0.29, 0.717) is 51.3 Å². The number of alkyl carbamates (subject to hydrolysis) is 1. The van der Waals surface area contributed by atoms with Gasteiger partial charge in [-0.1, -0.05) is 18.5 Å². The summed E-state index contributed by atoms with van der Waals surface area (Å²) >= 11 is 7.96. The van der Waals surface area contributed by atoms with Gasteiger partial charge in [0.15, 0.2) is 10.8 Å². The molecular formula is C22H25ClN8O2S. The first kappa shape index (κ1) is 24.0. The van der Waals surface area contributed by atoms with E-state index >= 15 is 0 Å². The van der Waals surface area contributed by atoms with E-state index in [-0.39, 0.29) is 0 Å². The van der Waals surface area contributed by atoms with Gasteiger partial charge in [0, 0.05) is 42.3 Å². The number of hydrogen-bond donors (Lipinski definition) is 3. The first-order chi connectivity index (χ1) is 16.2. The van der Waals surface area contributed by atoms with Crippen molar-refractivity contribution in [1.82, 2.24) is 35.2 Å². The molecule has 0 aromatic carbocycles. The van der Waals surface area contributed by atoms with Gasteiger partial charge >= 0.3 is 6.09 Å². The van der Waals surface area contributed by atoms with Crippen LogP contribution in [0.15, 0.2) is 34.7 Å². The lowest BCUT2D eigenvalue weighted by Gasteiger charge is -2.19. The number of halogens is 1. The molecule has 0 fully saturated rings. The Balaban J connectivity index is 1.55. The Morgan fingerprint density at radius 2 is 1.97 bits per heavy atom. The second kappa shape index (κ2) is 9.98. The third-order valence-corrected chi connectivity index (χ3v) is 5.83. The Bertz CT molecular complexity index is 1340. The lowest BCUT2D eigenvalue weighted by molar-refractivity contribution is 0.0530. The maximum atomic E-state index is 11.9. The first-order valence-electron chi connectivity index (χ1n) is 10.8. The van der Waals surface area contributed by atoms with Crippen LogP contribution in [0.2, 0.25) is 5.02 Å². The number of aryl methyl sites for hydroxylation is 1. The van der Waals surface area contributed by atoms with E-state index in [1.54, 1.807) is 18.6 Å². The molecule has 4 aromatic rings. The van der Waals surface area contributed by atoms with Crippen molar-refractivity contribution in [2.75, 3.05) is 18.4 Å². The van der Waals surface area contributed by atoms with Gasteiger partial charge in [-0.05, 0) is 45.0 Å². The largest absolute Gasteiger partial charge is 0.444 e. The van der Waals surface area contributed by atoms with Crippen LogP contribution in [0.3, 0.4) is 0 Å². The molecule has 0 aliphatic rings. The fourth-order valence-corrected chi connectivity index (χ4v) is 4.29. The van der Waals surface area contributed by atoms with E-state index in [1.165, 1.54) is 11.8 Å². The highest BCUT2D eigenvalue weighted by Gasteiger charge is 2.18. The molecule has 0 aliphatic heterocycles. The van der Waals surface area contributed by atoms with Crippen LogP contribution in [0, 0.1) is 0 Å². The summed E-state index contributed by atoms with van der Waals surface area (Å²) in [7, 11) is 0. The highest BCUT2D eigenvalue weighted by atomic mass is 35.5. The van der Waals surface area contributed by atoms with Crippen molar-refractivity contribution in [3.8, 4) is 0 Å². The first-order valence-corrected chi connectivity index (χ1v) is 12.0. The number of pyridine rings is 1. The lowest BCUT2D eigenvalue weighted by Crippen LogP contribution is -2.35. The van der Waals surface area contributed by atoms with Crippen molar-refractivity contribution in [2.24, 2.45) is 0 Å². The average molecular weight is 501 g/mol. The lowest BCUT2D eigenvalue weighted by atomic mass is 10.2. The van der Waals surface area contributed by atoms with Crippen LogP contribution >= 0.6 is 23.4 Å². The van der Waals surface area contributed by atoms with Gasteiger partial charge in [-0.25, -0.2) is 24.7 Å². The number of carbonyl (C=O) groups excluding carboxylic acids is 1. The molecule has 0 spiro atoms. The fourth-order valence-electron chi connectivity index (χ4n) is 3.16. The van der Waals surface area contributed by atoms with E-state index < -0.39 is 11.7 Å². The van der Waals surface area contributed by atoms with Crippen LogP contribution in [0.4, 0.5) is 10.6 Å². The van der Waals surface area contributed by atoms with Crippen LogP contribution in [0.1, 0.15) is 33.4 Å². The Hall–Kier alpha value is -3.18. The van der Waals surface area contributed by atoms with Gasteiger partial charge in [0.05, 0.1) is 10.4 Å². The SMILES string of the molecule is CCc1[nH]c2nc(Sc3cnc4nccnc4c3)nc(NCCNC(=O)OC(C)(C)C)c2c1Cl. The highest BCUT2D eigenvalue weighted by Crippen LogP contribution is 2.35. The second-order valence-electron chi connectivity index (χ2n) is 8.38. The van der Waals surface area contributed by atoms with Crippen molar-refractivity contribution in [2.45, 2.75) is 49.8 Å². The van der Waals surface area contributed by atoms with Gasteiger partial charge in [0.1, 0.15) is 22.6 Å². The smallest absolute Gasteiger partial charge is 0.407 e. The third kappa shape index (κ3) is 5.65. The molecule has 0 radical (unpaired) electrons. The van der Waals surface area contributed by atoms with Gasteiger partial charge in [-0.2, -0.15) is 0 Å². The van der Waals surface area contributed by atoms with Gasteiger partial charge in [0.25, 0.3) is 0 Å². The normalized spacial score (nSPS) is 11.7. The van der Waals surface area contributed by atoms with E-state index in [9.17, 15) is 4.79 Å². The topological polar surface area (TPSA) is 131 Å². The molecule has 0 aliphatic carbocycles. The zero-order valence-corrected chi connectivity index (χ0v) is 20.8. The van der Waals surface area contributed by atoms with Gasteiger partial charge in [-0.15, -0.1) is 0 Å². The van der Waals surface area contributed by atoms with Crippen molar-refractivity contribution in [1.29, 1.82) is 0 Å². The minimum absolute atomic E-state index is 0.346. The molecule has 0 bridgehead atoms. The summed E-state index contributed by atoms with van der Waals surface area (Å²) in [6, 6.07) is 1.89. The molecule has 178 valence electrons. The van der Waals surface area contributed by atoms with E-state index in [1.807, 2.05) is 33.8 Å². The number of H-pyrrole nitrogens is 1. The predicted octanol–water partition coefficient (Wildman–Crippen LogP) is 4.60. The molecular weight excluding hydrogens is 476 g/mol. The standard InChI is InChI=1S/C22H25ClN8O2S/c1-5-13-16(23)15-18(26-8-9-27-21(32)33-22(2,3)4)30-20(31-19(15)29-13)34-12-10-14-17(28-11-12)25-7-6-24-14/h6-7,10-11H,5,8-9H2,1-4H3,(H,27,32)(H2,26,29,30,31). The van der Waals surface area contributed by atoms with Gasteiger partial charge < -0.3 is 20.4 Å². The monoisotopic (exact) mass is 500 g/mol. The zero-order valence-electron chi connectivity index (χ0n) is 19.3. The maximum Gasteiger partial charge on any atom is 0.407 e. The van der Waals surface area contributed by atoms with Crippen molar-refractivity contribution >= 4 is 57.5 Å². The van der Waals surface area contributed by atoms with E-state index in [4.69, 9.17) is 16.3 Å². The minimum Gasteiger partial charge on any atom is -0.444 e. The molecule has 34 heavy (non-hydrogen) atoms. The maximum absolute atomic E-state index is 11.9. The fraction of sp³-hybridized carbons (Fsp3) is 0.364. The zero-order chi connectivity index (χ0) is 24.3. The highest BCUT2D eigenvalue weighted by molar-refractivity contribution is 7.99. The van der Waals surface area contributed by atoms with Crippen molar-refractivity contribution in [3.63, 3.8) is 0 Å². The molecule has 4 rings (SSSR count). The number of nitrogens with one attached hydrogen (secondary N) is 3. The molecule has 12 heteroatoms. The predicted molar refractivity (Wildman–Crippen MR) is 132 cm³/mol. The third-order valence-electron chi connectivity index (χ3n) is 4.59. The number of rotatable bonds is 7. The Morgan fingerprint density at radius 3 is 2.74 bits per heavy atom. The number of anilines is 1. The van der Waals surface area contributed by atoms with Gasteiger partial charge in [0.2, 0.25) is 0 Å². The quantitative estimate of drug-likeness (QED) is 0.246. The summed E-state index contributed by atoms with van der Waals surface area (Å²) in [5.41, 5.74) is 2.23. The van der Waals surface area contributed by atoms with Crippen LogP contribution in [0.5, 0.6) is 0 Å². The summed E-state index contributed by atoms with van der Waals surface area (Å²) in [6.45, 7) is 8.24. The Morgan fingerprint density at radius 1 is 1.18 bits per heavy atom. The van der Waals surface area contributed by atoms with Gasteiger partial charge in [-0.3, -0.25) is 4.98 Å². The number of carbonyl (C=O) groups is 1. The van der Waals surface area contributed by atoms with E-state index in [2.05, 4.69) is 40.5 Å². The Kier molecular flexibility index (Phi) is 7.03. The second-order valence-corrected chi connectivity index (χ2v) is 9.80. The van der Waals surface area contributed by atoms with Crippen molar-refractivity contribution < 1.29 is 9.53 Å². The number of hydrogen-bond acceptors (Lipinski definition) is 9. The van der Waals surface area contributed by atoms with Crippen LogP contribution < -0.4 is 10.6 Å². The number of fused-ring (bicyclic) bond motifs is 2. The summed E-state index contributed by atoms with van der Waals surface area (Å²) in [4.78, 5) is 38.2. The molecule has 3 N–H and O–H groups in total. The average Bonchev–Trinajstić information content (AvgIpc) is 3.11. The van der Waals surface area contributed by atoms with Crippen molar-refractivity contribution in [3.05, 3.63) is 35.4 Å². The molecule has 1 amide bonds. The molecule has 0 saturated carbocycles. The number of ether oxygens (including phenoxy) is 1. The molecule has 4 heterocycles. The number of amides is 1. The summed E-state index contributed by atoms with van der Waals surface area (Å²) in [5, 5.41) is 7.80. The summed E-state index contributed by atoms with van der Waals surface area (Å²) in [6.07, 6.45) is 5.20. The minimum atomic E-state index is -0.555. The van der Waals surface area contributed by atoms with Crippen LogP contribution in [-0.4, -0.2) is 54.7 Å². The van der Waals surface area contributed by atoms with Crippen LogP contribution in [0.25, 0.3) is 22.2 Å². The molecule has 0 unspecified atom stereocenters. The molecule has 0 saturated heterocycles. The summed E-state index contributed by atoms with van der Waals surface area (Å²) < 4.78 is 5.26. The Labute approximate surface area is 205 Å². The van der Waals surface area contributed by atoms with E-state index in [0.717, 1.165) is 17.0 Å². The molecule has 4 aromatic heterocycles. The summed E-state index contributed by atoms with van der Waals surface area (Å²) in [5.74, 6) is 0.577. The number of nitrogens with zero attached hydrogens (tertiary/aromatic N) is 5. The van der Waals surface area contributed by atoms with Crippen LogP contribution in [-0.2, 0) is 11.2 Å². The number of aromatic nitrogens is 6.